The molecule has 1 heterocycles. The minimum absolute atomic E-state index is 0. The molecule has 0 bridgehead atoms. The number of rotatable bonds is 2. The molecule has 32 heavy (non-hydrogen) atoms. The quantitative estimate of drug-likeness (QED) is 0.321. The Bertz CT molecular complexity index is 914. The largest absolute Gasteiger partial charge is 1.00 e. The second-order valence-electron chi connectivity index (χ2n) is 10.5. The van der Waals surface area contributed by atoms with Crippen molar-refractivity contribution in [3.8, 4) is 0 Å². The fourth-order valence-corrected chi connectivity index (χ4v) is 9.30. The van der Waals surface area contributed by atoms with E-state index in [0.717, 1.165) is 24.8 Å². The zero-order valence-electron chi connectivity index (χ0n) is 18.7. The molecule has 8 atom stereocenters. The van der Waals surface area contributed by atoms with Crippen LogP contribution in [0.15, 0.2) is 23.8 Å². The Hall–Kier alpha value is -0.660. The van der Waals surface area contributed by atoms with Crippen LogP contribution in [0.3, 0.4) is 0 Å². The van der Waals surface area contributed by atoms with Crippen molar-refractivity contribution in [2.45, 2.75) is 63.7 Å². The Labute approximate surface area is 209 Å². The van der Waals surface area contributed by atoms with Crippen LogP contribution in [-0.2, 0) is 41.5 Å². The molecule has 0 amide bonds. The molecule has 4 unspecified atom stereocenters. The average Bonchev–Trinajstić information content (AvgIpc) is 3.18. The van der Waals surface area contributed by atoms with Crippen molar-refractivity contribution in [1.82, 2.24) is 0 Å². The number of hydrogen-bond acceptors (Lipinski definition) is 6. The van der Waals surface area contributed by atoms with Crippen LogP contribution in [0.25, 0.3) is 0 Å². The number of thioether (sulfide) groups is 1. The van der Waals surface area contributed by atoms with Crippen LogP contribution in [0.4, 0.5) is 0 Å². The van der Waals surface area contributed by atoms with Gasteiger partial charge in [-0.25, -0.2) is 0 Å². The molecule has 1 aliphatic heterocycles. The maximum absolute atomic E-state index is 12.2. The van der Waals surface area contributed by atoms with Crippen LogP contribution in [0.1, 0.15) is 52.9 Å². The van der Waals surface area contributed by atoms with Gasteiger partial charge in [0.2, 0.25) is 0 Å². The monoisotopic (exact) mass is 550 g/mol. The number of aliphatic hydroxyl groups excluding tert-OH is 1. The van der Waals surface area contributed by atoms with Gasteiger partial charge >= 0.3 is 28.3 Å². The van der Waals surface area contributed by atoms with Gasteiger partial charge in [0.05, 0.1) is 6.61 Å². The van der Waals surface area contributed by atoms with Crippen LogP contribution in [0.2, 0.25) is 0 Å². The number of aliphatic hydroxyl groups is 1. The van der Waals surface area contributed by atoms with Gasteiger partial charge in [0.25, 0.3) is 0 Å². The molecule has 3 saturated carbocycles. The first-order chi connectivity index (χ1) is 14.7. The van der Waals surface area contributed by atoms with Gasteiger partial charge in [-0.1, -0.05) is 43.2 Å². The number of carbonyl (C=O) groups excluding carboxylic acids is 3. The van der Waals surface area contributed by atoms with E-state index in [4.69, 9.17) is 4.74 Å². The Morgan fingerprint density at radius 2 is 2.09 bits per heavy atom. The van der Waals surface area contributed by atoms with Gasteiger partial charge in [0.15, 0.2) is 10.9 Å². The Morgan fingerprint density at radius 1 is 1.34 bits per heavy atom. The molecule has 1 saturated heterocycles. The van der Waals surface area contributed by atoms with Crippen molar-refractivity contribution in [1.29, 1.82) is 0 Å². The SMILES string of the molecule is CC(=O)S[C@@H]1CC2=CC(=O)C=C[C@]2(CO)C2CC[C@@]3(C)C(C(C)[CH-][C@@]34CCC(=O)O4)C21.[Ag+]. The summed E-state index contributed by atoms with van der Waals surface area (Å²) in [7, 11) is 0. The van der Waals surface area contributed by atoms with E-state index in [1.807, 2.05) is 6.08 Å². The molecule has 7 heteroatoms. The molecular formula is C25H31AgO5S. The molecule has 1 N–H and O–H groups in total. The van der Waals surface area contributed by atoms with E-state index in [1.54, 1.807) is 19.1 Å². The molecule has 178 valence electrons. The third-order valence-corrected chi connectivity index (χ3v) is 10.3. The van der Waals surface area contributed by atoms with Gasteiger partial charge in [0.1, 0.15) is 0 Å². The van der Waals surface area contributed by atoms with Crippen LogP contribution in [0, 0.1) is 40.9 Å². The first kappa shape index (κ1) is 24.5. The minimum Gasteiger partial charge on any atom is -0.491 e. The zero-order valence-corrected chi connectivity index (χ0v) is 21.0. The number of ether oxygens (including phenoxy) is 1. The van der Waals surface area contributed by atoms with Crippen molar-refractivity contribution in [3.05, 3.63) is 30.2 Å². The van der Waals surface area contributed by atoms with Gasteiger partial charge in [-0.15, -0.1) is 0 Å². The summed E-state index contributed by atoms with van der Waals surface area (Å²) in [5.74, 6) is 0.694. The second kappa shape index (κ2) is 8.23. The van der Waals surface area contributed by atoms with Crippen molar-refractivity contribution < 1.29 is 46.6 Å². The Balaban J connectivity index is 0.00000245. The van der Waals surface area contributed by atoms with E-state index >= 15 is 0 Å². The summed E-state index contributed by atoms with van der Waals surface area (Å²) in [5, 5.41) is 10.8. The van der Waals surface area contributed by atoms with Gasteiger partial charge in [0, 0.05) is 24.0 Å². The fourth-order valence-electron chi connectivity index (χ4n) is 8.10. The van der Waals surface area contributed by atoms with Crippen LogP contribution in [-0.4, -0.2) is 39.4 Å². The summed E-state index contributed by atoms with van der Waals surface area (Å²) in [5.41, 5.74) is -0.259. The number of ketones is 1. The van der Waals surface area contributed by atoms with E-state index < -0.39 is 11.0 Å². The molecule has 5 aliphatic rings. The van der Waals surface area contributed by atoms with Gasteiger partial charge in [-0.3, -0.25) is 20.8 Å². The third-order valence-electron chi connectivity index (χ3n) is 9.20. The van der Waals surface area contributed by atoms with E-state index in [1.165, 1.54) is 11.8 Å². The first-order valence-corrected chi connectivity index (χ1v) is 12.3. The fraction of sp³-hybridized carbons (Fsp3) is 0.680. The second-order valence-corrected chi connectivity index (χ2v) is 11.9. The normalized spacial score (nSPS) is 46.6. The van der Waals surface area contributed by atoms with Gasteiger partial charge < -0.3 is 9.84 Å². The molecule has 0 aromatic rings. The molecule has 5 rings (SSSR count). The molecule has 4 fully saturated rings. The topological polar surface area (TPSA) is 80.7 Å². The van der Waals surface area contributed by atoms with Gasteiger partial charge in [-0.05, 0) is 60.7 Å². The van der Waals surface area contributed by atoms with E-state index in [2.05, 4.69) is 20.3 Å². The van der Waals surface area contributed by atoms with E-state index in [-0.39, 0.29) is 80.2 Å². The Morgan fingerprint density at radius 3 is 2.72 bits per heavy atom. The van der Waals surface area contributed by atoms with E-state index in [9.17, 15) is 19.5 Å². The maximum atomic E-state index is 12.2. The Kier molecular flexibility index (Phi) is 6.29. The molecule has 0 aromatic carbocycles. The van der Waals surface area contributed by atoms with Gasteiger partial charge in [-0.2, -0.15) is 5.92 Å². The third kappa shape index (κ3) is 3.24. The molecule has 0 radical (unpaired) electrons. The maximum Gasteiger partial charge on any atom is 1.00 e. The van der Waals surface area contributed by atoms with Crippen LogP contribution >= 0.6 is 11.8 Å². The first-order valence-electron chi connectivity index (χ1n) is 11.5. The number of allylic oxidation sites excluding steroid dienone is 2. The number of esters is 1. The van der Waals surface area contributed by atoms with Crippen molar-refractivity contribution in [2.24, 2.45) is 34.5 Å². The minimum atomic E-state index is -0.532. The smallest absolute Gasteiger partial charge is 0.491 e. The molecule has 1 spiro atoms. The molecular weight excluding hydrogens is 520 g/mol. The molecule has 0 aromatic heterocycles. The molecule has 4 aliphatic carbocycles. The zero-order chi connectivity index (χ0) is 22.2. The summed E-state index contributed by atoms with van der Waals surface area (Å²) in [4.78, 5) is 36.6. The van der Waals surface area contributed by atoms with Crippen molar-refractivity contribution in [3.63, 3.8) is 0 Å². The predicted molar refractivity (Wildman–Crippen MR) is 118 cm³/mol. The standard InChI is InChI=1S/C25H31O5S.Ag/c1-14-12-25(9-6-20(29)30-25)23(3)7-5-18-21(22(14)23)19(31-15(2)27)11-16-10-17(28)4-8-24(16,18)13-26;/h4,8,10,12,14,18-19,21-22,26H,5-7,9,11,13H2,1-3H3;/q-1;+1/t14?,18?,19-,21?,22?,23+,24-,25+;/m1./s1. The van der Waals surface area contributed by atoms with Crippen LogP contribution < -0.4 is 0 Å². The summed E-state index contributed by atoms with van der Waals surface area (Å²) < 4.78 is 6.03. The van der Waals surface area contributed by atoms with E-state index in [0.29, 0.717) is 12.8 Å². The number of fused-ring (bicyclic) bond motifs is 6. The average molecular weight is 551 g/mol. The van der Waals surface area contributed by atoms with Crippen LogP contribution in [0.5, 0.6) is 0 Å². The summed E-state index contributed by atoms with van der Waals surface area (Å²) >= 11 is 1.39. The summed E-state index contributed by atoms with van der Waals surface area (Å²) in [6.07, 6.45) is 11.1. The summed E-state index contributed by atoms with van der Waals surface area (Å²) in [6, 6.07) is 0. The summed E-state index contributed by atoms with van der Waals surface area (Å²) in [6.45, 7) is 6.08. The predicted octanol–water partition coefficient (Wildman–Crippen LogP) is 3.66. The molecule has 5 nitrogen and oxygen atoms in total. The van der Waals surface area contributed by atoms with Crippen molar-refractivity contribution >= 4 is 28.6 Å². The number of carbonyl (C=O) groups is 3. The van der Waals surface area contributed by atoms with Crippen molar-refractivity contribution in [2.75, 3.05) is 6.61 Å². The number of hydrogen-bond donors (Lipinski definition) is 1.